The molecular formula is C14H20OSi. The Bertz CT molecular complexity index is 448. The van der Waals surface area contributed by atoms with Crippen LogP contribution in [0.2, 0.25) is 19.6 Å². The zero-order valence-electron chi connectivity index (χ0n) is 10.6. The zero-order valence-corrected chi connectivity index (χ0v) is 11.6. The largest absolute Gasteiger partial charge is 0.408 e. The smallest absolute Gasteiger partial charge is 0.185 e. The lowest BCUT2D eigenvalue weighted by molar-refractivity contribution is 0.135. The van der Waals surface area contributed by atoms with Gasteiger partial charge in [0.1, 0.15) is 0 Å². The van der Waals surface area contributed by atoms with E-state index < -0.39 is 8.32 Å². The van der Waals surface area contributed by atoms with Gasteiger partial charge >= 0.3 is 0 Å². The topological polar surface area (TPSA) is 9.23 Å². The van der Waals surface area contributed by atoms with E-state index in [1.165, 1.54) is 24.0 Å². The van der Waals surface area contributed by atoms with Crippen molar-refractivity contribution >= 4 is 8.32 Å². The summed E-state index contributed by atoms with van der Waals surface area (Å²) in [5, 5.41) is 0. The van der Waals surface area contributed by atoms with Crippen LogP contribution >= 0.6 is 0 Å². The van der Waals surface area contributed by atoms with Crippen molar-refractivity contribution in [3.8, 4) is 0 Å². The first-order valence-corrected chi connectivity index (χ1v) is 9.56. The quantitative estimate of drug-likeness (QED) is 0.707. The second-order valence-corrected chi connectivity index (χ2v) is 11.0. The van der Waals surface area contributed by atoms with E-state index in [0.717, 1.165) is 0 Å². The number of fused-ring (bicyclic) bond motifs is 3. The van der Waals surface area contributed by atoms with Crippen LogP contribution in [0.4, 0.5) is 0 Å². The van der Waals surface area contributed by atoms with Gasteiger partial charge in [0.25, 0.3) is 0 Å². The minimum absolute atomic E-state index is 0.0774. The second-order valence-electron chi connectivity index (χ2n) is 6.61. The van der Waals surface area contributed by atoms with E-state index in [4.69, 9.17) is 4.43 Å². The van der Waals surface area contributed by atoms with Gasteiger partial charge in [-0.1, -0.05) is 31.2 Å². The third kappa shape index (κ3) is 1.26. The molecule has 2 atom stereocenters. The summed E-state index contributed by atoms with van der Waals surface area (Å²) in [5.74, 6) is 0. The van der Waals surface area contributed by atoms with Gasteiger partial charge < -0.3 is 4.43 Å². The summed E-state index contributed by atoms with van der Waals surface area (Å²) in [6.07, 6.45) is 2.43. The maximum Gasteiger partial charge on any atom is 0.185 e. The molecule has 2 unspecified atom stereocenters. The fourth-order valence-corrected chi connectivity index (χ4v) is 4.83. The van der Waals surface area contributed by atoms with Gasteiger partial charge in [-0.2, -0.15) is 0 Å². The highest BCUT2D eigenvalue weighted by Gasteiger charge is 2.71. The highest BCUT2D eigenvalue weighted by molar-refractivity contribution is 6.69. The summed E-state index contributed by atoms with van der Waals surface area (Å²) in [4.78, 5) is 0. The van der Waals surface area contributed by atoms with Gasteiger partial charge in [0, 0.05) is 5.41 Å². The first kappa shape index (κ1) is 10.5. The van der Waals surface area contributed by atoms with Gasteiger partial charge in [-0.3, -0.25) is 0 Å². The van der Waals surface area contributed by atoms with E-state index in [-0.39, 0.29) is 5.60 Å². The molecular weight excluding hydrogens is 212 g/mol. The zero-order chi connectivity index (χ0) is 11.6. The van der Waals surface area contributed by atoms with Gasteiger partial charge in [-0.15, -0.1) is 0 Å². The van der Waals surface area contributed by atoms with Gasteiger partial charge in [-0.25, -0.2) is 0 Å². The molecule has 1 aromatic rings. The predicted molar refractivity (Wildman–Crippen MR) is 69.0 cm³/mol. The molecule has 3 rings (SSSR count). The summed E-state index contributed by atoms with van der Waals surface area (Å²) in [5.41, 5.74) is 3.44. The van der Waals surface area contributed by atoms with E-state index in [0.29, 0.717) is 5.41 Å². The van der Waals surface area contributed by atoms with Gasteiger partial charge in [0.15, 0.2) is 8.32 Å². The molecule has 0 saturated heterocycles. The molecule has 1 fully saturated rings. The van der Waals surface area contributed by atoms with E-state index >= 15 is 0 Å². The van der Waals surface area contributed by atoms with Crippen molar-refractivity contribution in [1.29, 1.82) is 0 Å². The lowest BCUT2D eigenvalue weighted by Crippen LogP contribution is -2.33. The highest BCUT2D eigenvalue weighted by atomic mass is 28.4. The predicted octanol–water partition coefficient (Wildman–Crippen LogP) is 3.70. The van der Waals surface area contributed by atoms with Crippen molar-refractivity contribution in [2.45, 2.75) is 45.0 Å². The van der Waals surface area contributed by atoms with E-state index in [1.54, 1.807) is 0 Å². The average Bonchev–Trinajstić information content (AvgIpc) is 2.61. The maximum absolute atomic E-state index is 6.53. The molecule has 0 aliphatic heterocycles. The Hall–Kier alpha value is -0.603. The average molecular weight is 232 g/mol. The van der Waals surface area contributed by atoms with Crippen molar-refractivity contribution in [1.82, 2.24) is 0 Å². The summed E-state index contributed by atoms with van der Waals surface area (Å²) in [6, 6.07) is 8.84. The van der Waals surface area contributed by atoms with Crippen molar-refractivity contribution in [3.63, 3.8) is 0 Å². The lowest BCUT2D eigenvalue weighted by atomic mass is 10.0. The first-order valence-electron chi connectivity index (χ1n) is 6.15. The van der Waals surface area contributed by atoms with Gasteiger partial charge in [0.2, 0.25) is 0 Å². The van der Waals surface area contributed by atoms with Crippen molar-refractivity contribution in [2.24, 2.45) is 5.41 Å². The fourth-order valence-electron chi connectivity index (χ4n) is 3.36. The molecule has 0 bridgehead atoms. The summed E-state index contributed by atoms with van der Waals surface area (Å²) in [6.45, 7) is 9.26. The standard InChI is InChI=1S/C14H20OSi/c1-13-9-11-7-5-6-8-12(11)14(13,10-13)15-16(2,3)4/h5-8H,9-10H2,1-4H3. The van der Waals surface area contributed by atoms with Crippen LogP contribution in [-0.2, 0) is 16.4 Å². The van der Waals surface area contributed by atoms with Crippen molar-refractivity contribution < 1.29 is 4.43 Å². The SMILES string of the molecule is CC12Cc3ccccc3C1(O[Si](C)(C)C)C2. The molecule has 1 nitrogen and oxygen atoms in total. The van der Waals surface area contributed by atoms with Crippen molar-refractivity contribution in [3.05, 3.63) is 35.4 Å². The van der Waals surface area contributed by atoms with Crippen LogP contribution in [0.5, 0.6) is 0 Å². The molecule has 0 spiro atoms. The summed E-state index contributed by atoms with van der Waals surface area (Å²) in [7, 11) is -1.47. The molecule has 16 heavy (non-hydrogen) atoms. The van der Waals surface area contributed by atoms with Crippen LogP contribution in [-0.4, -0.2) is 8.32 Å². The van der Waals surface area contributed by atoms with E-state index in [1.807, 2.05) is 0 Å². The van der Waals surface area contributed by atoms with Crippen LogP contribution in [0.25, 0.3) is 0 Å². The van der Waals surface area contributed by atoms with Crippen LogP contribution in [0, 0.1) is 5.41 Å². The molecule has 1 aromatic carbocycles. The fraction of sp³-hybridized carbons (Fsp3) is 0.571. The van der Waals surface area contributed by atoms with E-state index in [2.05, 4.69) is 50.8 Å². The summed E-state index contributed by atoms with van der Waals surface area (Å²) >= 11 is 0. The molecule has 0 amide bonds. The first-order chi connectivity index (χ1) is 7.36. The number of rotatable bonds is 2. The highest BCUT2D eigenvalue weighted by Crippen LogP contribution is 2.72. The molecule has 2 heteroatoms. The molecule has 2 aliphatic rings. The second kappa shape index (κ2) is 2.80. The third-order valence-corrected chi connectivity index (χ3v) is 4.96. The molecule has 0 N–H and O–H groups in total. The molecule has 2 aliphatic carbocycles. The Balaban J connectivity index is 2.04. The molecule has 0 heterocycles. The van der Waals surface area contributed by atoms with E-state index in [9.17, 15) is 0 Å². The van der Waals surface area contributed by atoms with Gasteiger partial charge in [0.05, 0.1) is 5.60 Å². The van der Waals surface area contributed by atoms with Crippen molar-refractivity contribution in [2.75, 3.05) is 0 Å². The molecule has 86 valence electrons. The number of benzene rings is 1. The Labute approximate surface area is 99.0 Å². The third-order valence-electron chi connectivity index (χ3n) is 4.00. The molecule has 0 radical (unpaired) electrons. The minimum Gasteiger partial charge on any atom is -0.408 e. The summed E-state index contributed by atoms with van der Waals surface area (Å²) < 4.78 is 6.53. The Kier molecular flexibility index (Phi) is 1.84. The molecule has 0 aromatic heterocycles. The Morgan fingerprint density at radius 2 is 1.88 bits per heavy atom. The minimum atomic E-state index is -1.47. The maximum atomic E-state index is 6.53. The normalized spacial score (nSPS) is 35.8. The van der Waals surface area contributed by atoms with Crippen LogP contribution in [0.3, 0.4) is 0 Å². The monoisotopic (exact) mass is 232 g/mol. The lowest BCUT2D eigenvalue weighted by Gasteiger charge is -2.27. The van der Waals surface area contributed by atoms with Crippen LogP contribution < -0.4 is 0 Å². The van der Waals surface area contributed by atoms with Gasteiger partial charge in [-0.05, 0) is 43.6 Å². The van der Waals surface area contributed by atoms with Crippen LogP contribution in [0.1, 0.15) is 24.5 Å². The Morgan fingerprint density at radius 3 is 2.56 bits per heavy atom. The number of hydrogen-bond donors (Lipinski definition) is 0. The Morgan fingerprint density at radius 1 is 1.19 bits per heavy atom. The number of hydrogen-bond acceptors (Lipinski definition) is 1. The molecule has 1 saturated carbocycles. The van der Waals surface area contributed by atoms with Crippen LogP contribution in [0.15, 0.2) is 24.3 Å².